The summed E-state index contributed by atoms with van der Waals surface area (Å²) in [6, 6.07) is 2.01. The fraction of sp³-hybridized carbons (Fsp3) is 0.533. The number of rotatable bonds is 5. The zero-order chi connectivity index (χ0) is 15.0. The fourth-order valence-corrected chi connectivity index (χ4v) is 2.44. The van der Waals surface area contributed by atoms with E-state index in [9.17, 15) is 4.79 Å². The van der Waals surface area contributed by atoms with Gasteiger partial charge in [-0.15, -0.1) is 0 Å². The molecule has 112 valence electrons. The molecule has 2 aromatic rings. The Hall–Kier alpha value is -2.11. The van der Waals surface area contributed by atoms with Crippen LogP contribution in [0.5, 0.6) is 0 Å². The zero-order valence-corrected chi connectivity index (χ0v) is 12.7. The van der Waals surface area contributed by atoms with Gasteiger partial charge in [-0.3, -0.25) is 14.6 Å². The van der Waals surface area contributed by atoms with Crippen molar-refractivity contribution in [1.29, 1.82) is 0 Å². The van der Waals surface area contributed by atoms with E-state index in [0.717, 1.165) is 11.3 Å². The number of H-pyrrole nitrogens is 1. The maximum atomic E-state index is 12.7. The molecule has 2 aromatic heterocycles. The van der Waals surface area contributed by atoms with Gasteiger partial charge in [0.1, 0.15) is 5.69 Å². The summed E-state index contributed by atoms with van der Waals surface area (Å²) in [4.78, 5) is 14.5. The molecular weight excluding hydrogens is 266 g/mol. The van der Waals surface area contributed by atoms with Crippen LogP contribution >= 0.6 is 0 Å². The lowest BCUT2D eigenvalue weighted by Gasteiger charge is -2.25. The van der Waals surface area contributed by atoms with E-state index >= 15 is 0 Å². The van der Waals surface area contributed by atoms with E-state index in [1.54, 1.807) is 10.9 Å². The quantitative estimate of drug-likeness (QED) is 0.915. The van der Waals surface area contributed by atoms with Gasteiger partial charge in [-0.05, 0) is 32.8 Å². The summed E-state index contributed by atoms with van der Waals surface area (Å²) in [6.07, 6.45) is 6.12. The summed E-state index contributed by atoms with van der Waals surface area (Å²) in [6.45, 7) is 4.58. The van der Waals surface area contributed by atoms with E-state index in [0.29, 0.717) is 18.2 Å². The van der Waals surface area contributed by atoms with Gasteiger partial charge in [-0.1, -0.05) is 0 Å². The smallest absolute Gasteiger partial charge is 0.274 e. The highest BCUT2D eigenvalue weighted by molar-refractivity contribution is 5.92. The van der Waals surface area contributed by atoms with Crippen molar-refractivity contribution >= 4 is 5.91 Å². The molecule has 0 aromatic carbocycles. The fourth-order valence-electron chi connectivity index (χ4n) is 2.44. The maximum Gasteiger partial charge on any atom is 0.274 e. The number of hydrogen-bond donors (Lipinski definition) is 1. The van der Waals surface area contributed by atoms with Gasteiger partial charge in [-0.2, -0.15) is 10.2 Å². The number of hydrogen-bond acceptors (Lipinski definition) is 3. The highest BCUT2D eigenvalue weighted by Crippen LogP contribution is 2.39. The molecule has 0 unspecified atom stereocenters. The minimum Gasteiger partial charge on any atom is -0.330 e. The van der Waals surface area contributed by atoms with Crippen LogP contribution < -0.4 is 0 Å². The Morgan fingerprint density at radius 2 is 2.29 bits per heavy atom. The van der Waals surface area contributed by atoms with Gasteiger partial charge < -0.3 is 4.90 Å². The summed E-state index contributed by atoms with van der Waals surface area (Å²) in [5.74, 6) is 0.543. The van der Waals surface area contributed by atoms with E-state index in [1.807, 2.05) is 38.1 Å². The van der Waals surface area contributed by atoms with E-state index in [2.05, 4.69) is 15.3 Å². The number of amides is 1. The Labute approximate surface area is 124 Å². The molecule has 0 bridgehead atoms. The lowest BCUT2D eigenvalue weighted by molar-refractivity contribution is 0.0684. The molecule has 1 amide bonds. The van der Waals surface area contributed by atoms with Crippen molar-refractivity contribution in [3.05, 3.63) is 35.4 Å². The summed E-state index contributed by atoms with van der Waals surface area (Å²) in [5, 5.41) is 11.3. The van der Waals surface area contributed by atoms with Crippen LogP contribution in [-0.4, -0.2) is 36.8 Å². The van der Waals surface area contributed by atoms with Crippen molar-refractivity contribution in [1.82, 2.24) is 24.9 Å². The number of nitrogens with zero attached hydrogens (tertiary/aromatic N) is 4. The summed E-state index contributed by atoms with van der Waals surface area (Å²) in [5.41, 5.74) is 2.62. The number of aromatic amines is 1. The van der Waals surface area contributed by atoms with Gasteiger partial charge in [0, 0.05) is 43.0 Å². The third-order valence-electron chi connectivity index (χ3n) is 3.83. The van der Waals surface area contributed by atoms with Gasteiger partial charge in [0.25, 0.3) is 5.91 Å². The summed E-state index contributed by atoms with van der Waals surface area (Å²) >= 11 is 0. The average molecular weight is 287 g/mol. The minimum absolute atomic E-state index is 0.0306. The molecule has 3 rings (SSSR count). The third-order valence-corrected chi connectivity index (χ3v) is 3.83. The monoisotopic (exact) mass is 287 g/mol. The van der Waals surface area contributed by atoms with E-state index in [4.69, 9.17) is 0 Å². The van der Waals surface area contributed by atoms with Crippen molar-refractivity contribution in [3.63, 3.8) is 0 Å². The van der Waals surface area contributed by atoms with Crippen LogP contribution in [0.25, 0.3) is 0 Å². The Kier molecular flexibility index (Phi) is 3.53. The minimum atomic E-state index is -0.0306. The van der Waals surface area contributed by atoms with Crippen LogP contribution in [0.2, 0.25) is 0 Å². The van der Waals surface area contributed by atoms with Crippen LogP contribution in [0.4, 0.5) is 0 Å². The first kappa shape index (κ1) is 13.9. The molecule has 1 saturated carbocycles. The van der Waals surface area contributed by atoms with Gasteiger partial charge in [0.05, 0.1) is 6.20 Å². The Morgan fingerprint density at radius 1 is 1.52 bits per heavy atom. The molecule has 0 radical (unpaired) electrons. The van der Waals surface area contributed by atoms with Crippen LogP contribution in [-0.2, 0) is 13.6 Å². The number of aromatic nitrogens is 4. The molecule has 6 heteroatoms. The van der Waals surface area contributed by atoms with E-state index in [-0.39, 0.29) is 11.9 Å². The second-order valence-corrected chi connectivity index (χ2v) is 6.03. The highest BCUT2D eigenvalue weighted by atomic mass is 16.2. The molecule has 0 aliphatic heterocycles. The number of carbonyl (C=O) groups excluding carboxylic acids is 1. The molecule has 0 saturated heterocycles. The van der Waals surface area contributed by atoms with Crippen molar-refractivity contribution in [3.8, 4) is 0 Å². The number of carbonyl (C=O) groups is 1. The maximum absolute atomic E-state index is 12.7. The van der Waals surface area contributed by atoms with Gasteiger partial charge >= 0.3 is 0 Å². The Bertz CT molecular complexity index is 638. The number of nitrogens with one attached hydrogen (secondary N) is 1. The highest BCUT2D eigenvalue weighted by Gasteiger charge is 2.28. The first-order chi connectivity index (χ1) is 10.0. The molecule has 1 N–H and O–H groups in total. The predicted octanol–water partition coefficient (Wildman–Crippen LogP) is 2.07. The lowest BCUT2D eigenvalue weighted by atomic mass is 10.2. The van der Waals surface area contributed by atoms with Crippen molar-refractivity contribution in [2.45, 2.75) is 45.2 Å². The molecule has 0 atom stereocenters. The second kappa shape index (κ2) is 5.35. The first-order valence-electron chi connectivity index (χ1n) is 7.38. The van der Waals surface area contributed by atoms with Crippen molar-refractivity contribution in [2.24, 2.45) is 7.05 Å². The standard InChI is InChI=1S/C15H21N5O/c1-10(2)20(9-11-7-16-19(3)8-11)15(21)14-6-13(17-18-14)12-4-5-12/h6-8,10,12H,4-5,9H2,1-3H3,(H,17,18). The predicted molar refractivity (Wildman–Crippen MR) is 78.8 cm³/mol. The van der Waals surface area contributed by atoms with E-state index in [1.165, 1.54) is 12.8 Å². The SMILES string of the molecule is CC(C)N(Cc1cnn(C)c1)C(=O)c1cc(C2CC2)[nH]n1. The van der Waals surface area contributed by atoms with Gasteiger partial charge in [0.15, 0.2) is 0 Å². The summed E-state index contributed by atoms with van der Waals surface area (Å²) in [7, 11) is 1.88. The van der Waals surface area contributed by atoms with Crippen molar-refractivity contribution in [2.75, 3.05) is 0 Å². The molecule has 6 nitrogen and oxygen atoms in total. The molecule has 1 fully saturated rings. The zero-order valence-electron chi connectivity index (χ0n) is 12.7. The van der Waals surface area contributed by atoms with E-state index < -0.39 is 0 Å². The normalized spacial score (nSPS) is 14.7. The molecule has 21 heavy (non-hydrogen) atoms. The molecule has 0 spiro atoms. The lowest BCUT2D eigenvalue weighted by Crippen LogP contribution is -2.36. The molecule has 2 heterocycles. The molecule has 1 aliphatic rings. The number of aryl methyl sites for hydroxylation is 1. The van der Waals surface area contributed by atoms with Crippen LogP contribution in [0.3, 0.4) is 0 Å². The first-order valence-corrected chi connectivity index (χ1v) is 7.38. The molecule has 1 aliphatic carbocycles. The van der Waals surface area contributed by atoms with Crippen LogP contribution in [0, 0.1) is 0 Å². The Morgan fingerprint density at radius 3 is 2.86 bits per heavy atom. The largest absolute Gasteiger partial charge is 0.330 e. The molecular formula is C15H21N5O. The van der Waals surface area contributed by atoms with Crippen LogP contribution in [0.1, 0.15) is 54.4 Å². The third kappa shape index (κ3) is 2.99. The van der Waals surface area contributed by atoms with Crippen molar-refractivity contribution < 1.29 is 4.79 Å². The second-order valence-electron chi connectivity index (χ2n) is 6.03. The van der Waals surface area contributed by atoms with Gasteiger partial charge in [0.2, 0.25) is 0 Å². The Balaban J connectivity index is 1.76. The van der Waals surface area contributed by atoms with Crippen LogP contribution in [0.15, 0.2) is 18.5 Å². The topological polar surface area (TPSA) is 66.8 Å². The van der Waals surface area contributed by atoms with Gasteiger partial charge in [-0.25, -0.2) is 0 Å². The average Bonchev–Trinajstić information content (AvgIpc) is 3.03. The summed E-state index contributed by atoms with van der Waals surface area (Å²) < 4.78 is 1.75.